The lowest BCUT2D eigenvalue weighted by Crippen LogP contribution is -3.03. The van der Waals surface area contributed by atoms with E-state index < -0.39 is 5.91 Å². The van der Waals surface area contributed by atoms with Crippen molar-refractivity contribution in [3.63, 3.8) is 0 Å². The number of carbonyl (C=O) groups excluding carboxylic acids is 1. The standard InChI is InChI=1S/C22H21N3O3S/c1-21(2)9-13-14(10-23)20(29-18(13)22(3,4)25-21)24-19(27)15-11-28-16-8-6-5-7-12(16)17(15)26/h5-8,11,25H,9H2,1-4H3,(H,24,27)/p+1. The molecule has 4 rings (SSSR count). The first-order valence-corrected chi connectivity index (χ1v) is 10.2. The lowest BCUT2D eigenvalue weighted by Gasteiger charge is -2.38. The molecule has 0 aliphatic carbocycles. The van der Waals surface area contributed by atoms with Crippen molar-refractivity contribution in [3.05, 3.63) is 62.3 Å². The average Bonchev–Trinajstić information content (AvgIpc) is 2.98. The maximum Gasteiger partial charge on any atom is 0.263 e. The van der Waals surface area contributed by atoms with Crippen LogP contribution < -0.4 is 16.1 Å². The molecule has 148 valence electrons. The Morgan fingerprint density at radius 3 is 2.72 bits per heavy atom. The number of rotatable bonds is 2. The highest BCUT2D eigenvalue weighted by molar-refractivity contribution is 7.16. The number of benzene rings is 1. The Hall–Kier alpha value is -2.95. The van der Waals surface area contributed by atoms with Gasteiger partial charge < -0.3 is 15.1 Å². The van der Waals surface area contributed by atoms with Crippen LogP contribution in [0, 0.1) is 11.3 Å². The molecule has 7 heteroatoms. The SMILES string of the molecule is CC1(C)Cc2c(sc(NC(=O)c3coc4ccccc4c3=O)c2C#N)C(C)(C)[NH2+]1. The van der Waals surface area contributed by atoms with Crippen molar-refractivity contribution >= 4 is 33.2 Å². The van der Waals surface area contributed by atoms with Gasteiger partial charge in [-0.05, 0) is 45.4 Å². The minimum Gasteiger partial charge on any atom is -0.463 e. The normalized spacial score (nSPS) is 16.8. The van der Waals surface area contributed by atoms with Crippen LogP contribution in [-0.2, 0) is 12.0 Å². The molecule has 0 saturated carbocycles. The molecule has 0 bridgehead atoms. The van der Waals surface area contributed by atoms with Crippen LogP contribution in [0.3, 0.4) is 0 Å². The molecule has 3 N–H and O–H groups in total. The van der Waals surface area contributed by atoms with E-state index in [0.29, 0.717) is 21.5 Å². The third-order valence-electron chi connectivity index (χ3n) is 5.24. The van der Waals surface area contributed by atoms with Crippen molar-refractivity contribution in [2.45, 2.75) is 45.2 Å². The van der Waals surface area contributed by atoms with E-state index in [1.165, 1.54) is 17.6 Å². The van der Waals surface area contributed by atoms with Gasteiger partial charge in [0.05, 0.1) is 21.4 Å². The van der Waals surface area contributed by atoms with Crippen LogP contribution in [0.15, 0.2) is 39.7 Å². The summed E-state index contributed by atoms with van der Waals surface area (Å²) in [6.45, 7) is 8.53. The minimum absolute atomic E-state index is 0.0517. The van der Waals surface area contributed by atoms with Crippen molar-refractivity contribution < 1.29 is 14.5 Å². The Kier molecular flexibility index (Phi) is 4.37. The highest BCUT2D eigenvalue weighted by Crippen LogP contribution is 2.41. The van der Waals surface area contributed by atoms with E-state index in [0.717, 1.165) is 16.9 Å². The first-order chi connectivity index (χ1) is 13.6. The van der Waals surface area contributed by atoms with E-state index >= 15 is 0 Å². The third-order valence-corrected chi connectivity index (χ3v) is 6.73. The predicted molar refractivity (Wildman–Crippen MR) is 112 cm³/mol. The van der Waals surface area contributed by atoms with Crippen LogP contribution in [0.5, 0.6) is 0 Å². The van der Waals surface area contributed by atoms with Gasteiger partial charge in [-0.25, -0.2) is 0 Å². The van der Waals surface area contributed by atoms with E-state index in [2.05, 4.69) is 44.4 Å². The largest absolute Gasteiger partial charge is 0.463 e. The fraction of sp³-hybridized carbons (Fsp3) is 0.318. The molecule has 0 radical (unpaired) electrons. The lowest BCUT2D eigenvalue weighted by atomic mass is 9.81. The number of anilines is 1. The average molecular weight is 409 g/mol. The number of amides is 1. The highest BCUT2D eigenvalue weighted by Gasteiger charge is 2.44. The predicted octanol–water partition coefficient (Wildman–Crippen LogP) is 3.11. The van der Waals surface area contributed by atoms with Gasteiger partial charge in [-0.15, -0.1) is 11.3 Å². The van der Waals surface area contributed by atoms with Gasteiger partial charge in [0, 0.05) is 6.42 Å². The van der Waals surface area contributed by atoms with Crippen LogP contribution in [0.4, 0.5) is 5.00 Å². The number of nitrogens with two attached hydrogens (primary N) is 1. The summed E-state index contributed by atoms with van der Waals surface area (Å²) in [5.41, 5.74) is 1.16. The maximum atomic E-state index is 12.9. The van der Waals surface area contributed by atoms with Gasteiger partial charge in [0.15, 0.2) is 0 Å². The minimum atomic E-state index is -0.569. The van der Waals surface area contributed by atoms with Crippen LogP contribution in [0.2, 0.25) is 0 Å². The molecule has 1 aliphatic rings. The van der Waals surface area contributed by atoms with Crippen LogP contribution in [-0.4, -0.2) is 11.4 Å². The lowest BCUT2D eigenvalue weighted by molar-refractivity contribution is -0.789. The fourth-order valence-corrected chi connectivity index (χ4v) is 5.55. The molecule has 0 spiro atoms. The summed E-state index contributed by atoms with van der Waals surface area (Å²) in [4.78, 5) is 26.7. The summed E-state index contributed by atoms with van der Waals surface area (Å²) < 4.78 is 5.45. The van der Waals surface area contributed by atoms with Crippen molar-refractivity contribution in [1.82, 2.24) is 0 Å². The number of fused-ring (bicyclic) bond motifs is 2. The Bertz CT molecular complexity index is 1240. The topological polar surface area (TPSA) is 99.7 Å². The van der Waals surface area contributed by atoms with Crippen LogP contribution >= 0.6 is 11.3 Å². The molecular formula is C22H22N3O3S+. The van der Waals surface area contributed by atoms with Gasteiger partial charge in [-0.3, -0.25) is 9.59 Å². The number of hydrogen-bond donors (Lipinski definition) is 2. The molecule has 1 aliphatic heterocycles. The number of para-hydroxylation sites is 1. The van der Waals surface area contributed by atoms with Crippen LogP contribution in [0.1, 0.15) is 54.1 Å². The molecule has 0 atom stereocenters. The molecule has 1 aromatic carbocycles. The summed E-state index contributed by atoms with van der Waals surface area (Å²) >= 11 is 1.41. The zero-order chi connectivity index (χ0) is 21.0. The van der Waals surface area contributed by atoms with Gasteiger partial charge in [-0.2, -0.15) is 5.26 Å². The van der Waals surface area contributed by atoms with E-state index in [1.54, 1.807) is 24.3 Å². The summed E-state index contributed by atoms with van der Waals surface area (Å²) in [5, 5.41) is 15.7. The number of quaternary nitrogens is 1. The van der Waals surface area contributed by atoms with Crippen LogP contribution in [0.25, 0.3) is 11.0 Å². The van der Waals surface area contributed by atoms with E-state index in [1.807, 2.05) is 0 Å². The summed E-state index contributed by atoms with van der Waals surface area (Å²) in [6, 6.07) is 9.06. The molecule has 6 nitrogen and oxygen atoms in total. The summed E-state index contributed by atoms with van der Waals surface area (Å²) in [6.07, 6.45) is 1.92. The van der Waals surface area contributed by atoms with Gasteiger partial charge >= 0.3 is 0 Å². The van der Waals surface area contributed by atoms with Gasteiger partial charge in [0.2, 0.25) is 5.43 Å². The van der Waals surface area contributed by atoms with Crippen molar-refractivity contribution in [2.75, 3.05) is 5.32 Å². The fourth-order valence-electron chi connectivity index (χ4n) is 4.31. The first-order valence-electron chi connectivity index (χ1n) is 9.38. The monoisotopic (exact) mass is 408 g/mol. The van der Waals surface area contributed by atoms with E-state index in [4.69, 9.17) is 4.42 Å². The molecule has 1 amide bonds. The number of thiophene rings is 1. The highest BCUT2D eigenvalue weighted by atomic mass is 32.1. The Labute approximate surface area is 172 Å². The summed E-state index contributed by atoms with van der Waals surface area (Å²) in [5.74, 6) is -0.569. The first kappa shape index (κ1) is 19.4. The van der Waals surface area contributed by atoms with Gasteiger partial charge in [0.1, 0.15) is 34.0 Å². The second kappa shape index (κ2) is 6.55. The van der Waals surface area contributed by atoms with Gasteiger partial charge in [-0.1, -0.05) is 12.1 Å². The Morgan fingerprint density at radius 2 is 2.00 bits per heavy atom. The Balaban J connectivity index is 1.76. The van der Waals surface area contributed by atoms with Gasteiger partial charge in [0.25, 0.3) is 5.91 Å². The second-order valence-corrected chi connectivity index (χ2v) is 9.71. The number of nitriles is 1. The second-order valence-electron chi connectivity index (χ2n) is 8.69. The number of hydrogen-bond acceptors (Lipinski definition) is 5. The van der Waals surface area contributed by atoms with Crippen molar-refractivity contribution in [2.24, 2.45) is 0 Å². The molecule has 0 fully saturated rings. The Morgan fingerprint density at radius 1 is 1.28 bits per heavy atom. The molecule has 2 aromatic heterocycles. The molecule has 29 heavy (non-hydrogen) atoms. The zero-order valence-electron chi connectivity index (χ0n) is 16.8. The smallest absolute Gasteiger partial charge is 0.263 e. The molecular weight excluding hydrogens is 386 g/mol. The quantitative estimate of drug-likeness (QED) is 0.680. The molecule has 0 unspecified atom stereocenters. The van der Waals surface area contributed by atoms with Crippen molar-refractivity contribution in [3.8, 4) is 6.07 Å². The van der Waals surface area contributed by atoms with Crippen molar-refractivity contribution in [1.29, 1.82) is 5.26 Å². The number of nitrogens with zero attached hydrogens (tertiary/aromatic N) is 1. The molecule has 0 saturated heterocycles. The third kappa shape index (κ3) is 3.24. The molecule has 3 heterocycles. The number of carbonyl (C=O) groups is 1. The molecule has 3 aromatic rings. The zero-order valence-corrected chi connectivity index (χ0v) is 17.6. The summed E-state index contributed by atoms with van der Waals surface area (Å²) in [7, 11) is 0. The number of nitrogens with one attached hydrogen (secondary N) is 1. The van der Waals surface area contributed by atoms with E-state index in [9.17, 15) is 14.9 Å². The van der Waals surface area contributed by atoms with E-state index in [-0.39, 0.29) is 22.1 Å². The maximum absolute atomic E-state index is 12.9.